The Kier molecular flexibility index (Phi) is 5.59. The molecule has 2 aromatic heterocycles. The minimum Gasteiger partial charge on any atom is -0.322 e. The van der Waals surface area contributed by atoms with Crippen LogP contribution < -0.4 is 10.6 Å². The first-order valence-electron chi connectivity index (χ1n) is 9.84. The molecule has 2 aromatic carbocycles. The van der Waals surface area contributed by atoms with Gasteiger partial charge < -0.3 is 10.6 Å². The summed E-state index contributed by atoms with van der Waals surface area (Å²) in [5.74, 6) is -1.08. The third-order valence-electron chi connectivity index (χ3n) is 4.85. The van der Waals surface area contributed by atoms with Crippen LogP contribution in [0, 0.1) is 13.8 Å². The monoisotopic (exact) mass is 453 g/mol. The molecule has 0 aliphatic carbocycles. The van der Waals surface area contributed by atoms with Gasteiger partial charge in [-0.1, -0.05) is 12.1 Å². The molecule has 33 heavy (non-hydrogen) atoms. The number of alkyl halides is 3. The molecular weight excluding hydrogens is 435 g/mol. The van der Waals surface area contributed by atoms with E-state index in [9.17, 15) is 22.8 Å². The molecule has 0 aliphatic rings. The van der Waals surface area contributed by atoms with Gasteiger partial charge in [0.15, 0.2) is 5.65 Å². The maximum atomic E-state index is 12.9. The normalized spacial score (nSPS) is 11.4. The highest BCUT2D eigenvalue weighted by Gasteiger charge is 2.30. The Hall–Kier alpha value is -4.21. The number of halogens is 3. The summed E-state index contributed by atoms with van der Waals surface area (Å²) in [5, 5.41) is 9.33. The molecule has 4 aromatic rings. The number of rotatable bonds is 4. The highest BCUT2D eigenvalue weighted by Crippen LogP contribution is 2.30. The Labute approximate surface area is 186 Å². The lowest BCUT2D eigenvalue weighted by Crippen LogP contribution is -2.15. The van der Waals surface area contributed by atoms with E-state index in [4.69, 9.17) is 0 Å². The van der Waals surface area contributed by atoms with Crippen LogP contribution >= 0.6 is 0 Å². The van der Waals surface area contributed by atoms with E-state index < -0.39 is 23.6 Å². The Morgan fingerprint density at radius 3 is 2.30 bits per heavy atom. The van der Waals surface area contributed by atoms with E-state index in [0.29, 0.717) is 11.3 Å². The number of benzene rings is 2. The Morgan fingerprint density at radius 2 is 1.58 bits per heavy atom. The number of nitrogens with one attached hydrogen (secondary N) is 2. The van der Waals surface area contributed by atoms with Crippen molar-refractivity contribution in [2.75, 3.05) is 10.6 Å². The molecule has 0 unspecified atom stereocenters. The summed E-state index contributed by atoms with van der Waals surface area (Å²) < 4.78 is 40.2. The Morgan fingerprint density at radius 1 is 0.909 bits per heavy atom. The molecule has 0 spiro atoms. The summed E-state index contributed by atoms with van der Waals surface area (Å²) in [5.41, 5.74) is 1.87. The van der Waals surface area contributed by atoms with Crippen LogP contribution in [0.4, 0.5) is 24.5 Å². The first kappa shape index (κ1) is 22.0. The molecule has 0 fully saturated rings. The quantitative estimate of drug-likeness (QED) is 0.462. The van der Waals surface area contributed by atoms with Gasteiger partial charge in [-0.05, 0) is 56.3 Å². The second-order valence-corrected chi connectivity index (χ2v) is 7.40. The third kappa shape index (κ3) is 4.69. The zero-order valence-electron chi connectivity index (χ0n) is 17.6. The number of nitrogens with zero attached hydrogens (tertiary/aromatic N) is 3. The minimum atomic E-state index is -4.52. The van der Waals surface area contributed by atoms with Crippen LogP contribution in [0.1, 0.15) is 37.7 Å². The minimum absolute atomic E-state index is 0.00688. The van der Waals surface area contributed by atoms with Gasteiger partial charge in [-0.15, -0.1) is 0 Å². The van der Waals surface area contributed by atoms with E-state index in [1.807, 2.05) is 19.9 Å². The molecule has 10 heteroatoms. The SMILES string of the molecule is Cc1cc(C)n2ncc(C(=O)Nc3cccc(C(=O)Nc4cccc(C(F)(F)F)c4)c3)c2n1. The highest BCUT2D eigenvalue weighted by molar-refractivity contribution is 6.09. The average Bonchev–Trinajstić information content (AvgIpc) is 3.18. The van der Waals surface area contributed by atoms with Gasteiger partial charge in [0, 0.05) is 28.3 Å². The highest BCUT2D eigenvalue weighted by atomic mass is 19.4. The number of aromatic nitrogens is 3. The Balaban J connectivity index is 1.53. The van der Waals surface area contributed by atoms with Crippen molar-refractivity contribution in [3.8, 4) is 0 Å². The van der Waals surface area contributed by atoms with Gasteiger partial charge in [-0.3, -0.25) is 9.59 Å². The summed E-state index contributed by atoms with van der Waals surface area (Å²) >= 11 is 0. The summed E-state index contributed by atoms with van der Waals surface area (Å²) in [6, 6.07) is 12.3. The molecule has 0 bridgehead atoms. The van der Waals surface area contributed by atoms with Crippen molar-refractivity contribution in [3.63, 3.8) is 0 Å². The number of amides is 2. The van der Waals surface area contributed by atoms with Crippen molar-refractivity contribution in [3.05, 3.63) is 88.9 Å². The molecule has 2 N–H and O–H groups in total. The lowest BCUT2D eigenvalue weighted by molar-refractivity contribution is -0.137. The summed E-state index contributed by atoms with van der Waals surface area (Å²) in [7, 11) is 0. The molecule has 168 valence electrons. The first-order valence-corrected chi connectivity index (χ1v) is 9.84. The summed E-state index contributed by atoms with van der Waals surface area (Å²) in [6.45, 7) is 3.66. The van der Waals surface area contributed by atoms with Crippen LogP contribution in [0.25, 0.3) is 5.65 Å². The van der Waals surface area contributed by atoms with E-state index in [1.165, 1.54) is 30.5 Å². The van der Waals surface area contributed by atoms with E-state index >= 15 is 0 Å². The maximum Gasteiger partial charge on any atom is 0.416 e. The van der Waals surface area contributed by atoms with Crippen molar-refractivity contribution in [2.45, 2.75) is 20.0 Å². The summed E-state index contributed by atoms with van der Waals surface area (Å²) in [4.78, 5) is 29.7. The van der Waals surface area contributed by atoms with Gasteiger partial charge in [-0.2, -0.15) is 18.3 Å². The van der Waals surface area contributed by atoms with Gasteiger partial charge in [0.05, 0.1) is 11.8 Å². The fraction of sp³-hybridized carbons (Fsp3) is 0.130. The van der Waals surface area contributed by atoms with Crippen LogP contribution in [0.3, 0.4) is 0 Å². The first-order chi connectivity index (χ1) is 15.6. The molecule has 0 aliphatic heterocycles. The standard InChI is InChI=1S/C23H18F3N5O2/c1-13-9-14(2)31-20(28-13)19(12-27-31)22(33)30-17-7-3-5-15(10-17)21(32)29-18-8-4-6-16(11-18)23(24,25)26/h3-12H,1-2H3,(H,29,32)(H,30,33). The lowest BCUT2D eigenvalue weighted by atomic mass is 10.1. The zero-order chi connectivity index (χ0) is 23.8. The molecule has 0 saturated carbocycles. The van der Waals surface area contributed by atoms with E-state index in [1.54, 1.807) is 16.6 Å². The lowest BCUT2D eigenvalue weighted by Gasteiger charge is -2.11. The number of anilines is 2. The number of hydrogen-bond donors (Lipinski definition) is 2. The van der Waals surface area contributed by atoms with Gasteiger partial charge in [0.2, 0.25) is 0 Å². The predicted molar refractivity (Wildman–Crippen MR) is 116 cm³/mol. The number of carbonyl (C=O) groups excluding carboxylic acids is 2. The Bertz CT molecular complexity index is 1380. The van der Waals surface area contributed by atoms with E-state index in [2.05, 4.69) is 20.7 Å². The van der Waals surface area contributed by atoms with Crippen LogP contribution in [-0.4, -0.2) is 26.4 Å². The second kappa shape index (κ2) is 8.38. The third-order valence-corrected chi connectivity index (χ3v) is 4.85. The molecule has 2 heterocycles. The smallest absolute Gasteiger partial charge is 0.322 e. The fourth-order valence-corrected chi connectivity index (χ4v) is 3.34. The van der Waals surface area contributed by atoms with E-state index in [-0.39, 0.29) is 16.8 Å². The molecule has 0 saturated heterocycles. The van der Waals surface area contributed by atoms with Crippen LogP contribution in [0.2, 0.25) is 0 Å². The van der Waals surface area contributed by atoms with Gasteiger partial charge in [0.1, 0.15) is 5.56 Å². The van der Waals surface area contributed by atoms with Crippen molar-refractivity contribution in [1.29, 1.82) is 0 Å². The number of fused-ring (bicyclic) bond motifs is 1. The van der Waals surface area contributed by atoms with Crippen molar-refractivity contribution in [1.82, 2.24) is 14.6 Å². The van der Waals surface area contributed by atoms with Crippen LogP contribution in [-0.2, 0) is 6.18 Å². The van der Waals surface area contributed by atoms with E-state index in [0.717, 1.165) is 23.5 Å². The van der Waals surface area contributed by atoms with Crippen LogP contribution in [0.15, 0.2) is 60.8 Å². The summed E-state index contributed by atoms with van der Waals surface area (Å²) in [6.07, 6.45) is -3.11. The topological polar surface area (TPSA) is 88.4 Å². The van der Waals surface area contributed by atoms with Crippen molar-refractivity contribution < 1.29 is 22.8 Å². The largest absolute Gasteiger partial charge is 0.416 e. The maximum absolute atomic E-state index is 12.9. The predicted octanol–water partition coefficient (Wildman–Crippen LogP) is 4.87. The molecule has 2 amide bonds. The fourth-order valence-electron chi connectivity index (χ4n) is 3.34. The molecule has 4 rings (SSSR count). The number of hydrogen-bond acceptors (Lipinski definition) is 4. The molecule has 0 atom stereocenters. The average molecular weight is 453 g/mol. The molecule has 0 radical (unpaired) electrons. The molecule has 7 nitrogen and oxygen atoms in total. The zero-order valence-corrected chi connectivity index (χ0v) is 17.6. The van der Waals surface area contributed by atoms with Crippen LogP contribution in [0.5, 0.6) is 0 Å². The number of aryl methyl sites for hydroxylation is 2. The van der Waals surface area contributed by atoms with Gasteiger partial charge in [-0.25, -0.2) is 9.50 Å². The second-order valence-electron chi connectivity index (χ2n) is 7.40. The van der Waals surface area contributed by atoms with Crippen molar-refractivity contribution in [2.24, 2.45) is 0 Å². The van der Waals surface area contributed by atoms with Gasteiger partial charge in [0.25, 0.3) is 11.8 Å². The molecular formula is C23H18F3N5O2. The van der Waals surface area contributed by atoms with Gasteiger partial charge >= 0.3 is 6.18 Å². The number of carbonyl (C=O) groups is 2. The van der Waals surface area contributed by atoms with Crippen molar-refractivity contribution >= 4 is 28.8 Å².